The lowest BCUT2D eigenvalue weighted by Gasteiger charge is -2.28. The van der Waals surface area contributed by atoms with Crippen LogP contribution in [0.5, 0.6) is 23.0 Å². The minimum Gasteiger partial charge on any atom is -0.493 e. The summed E-state index contributed by atoms with van der Waals surface area (Å²) in [5, 5.41) is 0. The second kappa shape index (κ2) is 9.51. The molecule has 0 fully saturated rings. The molecule has 2 aromatic carbocycles. The van der Waals surface area contributed by atoms with Crippen LogP contribution in [-0.4, -0.2) is 36.6 Å². The van der Waals surface area contributed by atoms with Crippen LogP contribution in [0.4, 0.5) is 4.39 Å². The van der Waals surface area contributed by atoms with E-state index in [1.54, 1.807) is 49.6 Å². The molecule has 0 radical (unpaired) electrons. The predicted molar refractivity (Wildman–Crippen MR) is 118 cm³/mol. The first-order valence-corrected chi connectivity index (χ1v) is 10.2. The molecule has 164 valence electrons. The lowest BCUT2D eigenvalue weighted by molar-refractivity contribution is -0.126. The minimum atomic E-state index is -0.517. The van der Waals surface area contributed by atoms with E-state index in [4.69, 9.17) is 14.2 Å². The SMILES string of the molecule is COc1cc2c(cc1OC)CN(C(=O)/C=C/c1ccc(Oc3cccnc3)c(F)c1)CC2. The Morgan fingerprint density at radius 3 is 2.53 bits per heavy atom. The van der Waals surface area contributed by atoms with Gasteiger partial charge in [-0.05, 0) is 65.6 Å². The Morgan fingerprint density at radius 1 is 1.06 bits per heavy atom. The number of pyridine rings is 1. The van der Waals surface area contributed by atoms with Crippen molar-refractivity contribution in [1.82, 2.24) is 9.88 Å². The molecule has 3 aromatic rings. The molecule has 0 unspecified atom stereocenters. The van der Waals surface area contributed by atoms with Crippen LogP contribution in [-0.2, 0) is 17.8 Å². The van der Waals surface area contributed by atoms with Crippen molar-refractivity contribution >= 4 is 12.0 Å². The van der Waals surface area contributed by atoms with Gasteiger partial charge in [0.25, 0.3) is 0 Å². The highest BCUT2D eigenvalue weighted by molar-refractivity contribution is 5.92. The molecule has 0 bridgehead atoms. The third-order valence-corrected chi connectivity index (χ3v) is 5.27. The Kier molecular flexibility index (Phi) is 6.35. The number of fused-ring (bicyclic) bond motifs is 1. The van der Waals surface area contributed by atoms with E-state index in [2.05, 4.69) is 4.98 Å². The van der Waals surface area contributed by atoms with Crippen molar-refractivity contribution in [3.05, 3.63) is 83.4 Å². The number of nitrogens with zero attached hydrogens (tertiary/aromatic N) is 2. The second-order valence-corrected chi connectivity index (χ2v) is 7.30. The molecule has 0 atom stereocenters. The van der Waals surface area contributed by atoms with Crippen molar-refractivity contribution in [2.45, 2.75) is 13.0 Å². The van der Waals surface area contributed by atoms with Crippen LogP contribution in [0.3, 0.4) is 0 Å². The summed E-state index contributed by atoms with van der Waals surface area (Å²) >= 11 is 0. The Bertz CT molecular complexity index is 1150. The van der Waals surface area contributed by atoms with Gasteiger partial charge in [-0.25, -0.2) is 4.39 Å². The van der Waals surface area contributed by atoms with Gasteiger partial charge in [0.2, 0.25) is 5.91 Å². The molecule has 0 saturated heterocycles. The third-order valence-electron chi connectivity index (χ3n) is 5.27. The number of hydrogen-bond acceptors (Lipinski definition) is 5. The zero-order valence-electron chi connectivity index (χ0n) is 17.9. The van der Waals surface area contributed by atoms with Crippen LogP contribution in [0.2, 0.25) is 0 Å². The summed E-state index contributed by atoms with van der Waals surface area (Å²) in [6.45, 7) is 1.07. The second-order valence-electron chi connectivity index (χ2n) is 7.30. The van der Waals surface area contributed by atoms with Gasteiger partial charge < -0.3 is 19.1 Å². The first kappa shape index (κ1) is 21.4. The molecule has 4 rings (SSSR count). The number of rotatable bonds is 6. The summed E-state index contributed by atoms with van der Waals surface area (Å²) in [6.07, 6.45) is 6.91. The summed E-state index contributed by atoms with van der Waals surface area (Å²) < 4.78 is 30.6. The maximum absolute atomic E-state index is 14.4. The average Bonchev–Trinajstić information content (AvgIpc) is 2.83. The fourth-order valence-electron chi connectivity index (χ4n) is 3.58. The van der Waals surface area contributed by atoms with E-state index < -0.39 is 5.82 Å². The summed E-state index contributed by atoms with van der Waals surface area (Å²) in [5.41, 5.74) is 2.73. The molecular formula is C25H23FN2O4. The summed E-state index contributed by atoms with van der Waals surface area (Å²) in [6, 6.07) is 11.8. The molecule has 6 nitrogen and oxygen atoms in total. The quantitative estimate of drug-likeness (QED) is 0.530. The molecule has 0 aliphatic carbocycles. The standard InChI is InChI=1S/C25H23FN2O4/c1-30-23-13-18-9-11-28(16-19(18)14-24(23)31-2)25(29)8-6-17-5-7-22(21(26)12-17)32-20-4-3-10-27-15-20/h3-8,10,12-15H,9,11,16H2,1-2H3/b8-6+. The summed E-state index contributed by atoms with van der Waals surface area (Å²) in [7, 11) is 3.19. The number of hydrogen-bond donors (Lipinski definition) is 0. The smallest absolute Gasteiger partial charge is 0.246 e. The molecule has 1 aromatic heterocycles. The van der Waals surface area contributed by atoms with Crippen LogP contribution in [0, 0.1) is 5.82 Å². The van der Waals surface area contributed by atoms with Gasteiger partial charge in [0.15, 0.2) is 23.1 Å². The number of amides is 1. The molecule has 1 amide bonds. The Morgan fingerprint density at radius 2 is 1.84 bits per heavy atom. The third kappa shape index (κ3) is 4.72. The van der Waals surface area contributed by atoms with Crippen molar-refractivity contribution < 1.29 is 23.4 Å². The van der Waals surface area contributed by atoms with E-state index in [1.807, 2.05) is 12.1 Å². The van der Waals surface area contributed by atoms with Crippen LogP contribution >= 0.6 is 0 Å². The minimum absolute atomic E-state index is 0.0958. The molecule has 1 aliphatic heterocycles. The first-order chi connectivity index (χ1) is 15.6. The van der Waals surface area contributed by atoms with Crippen LogP contribution in [0.15, 0.2) is 60.9 Å². The molecule has 1 aliphatic rings. The van der Waals surface area contributed by atoms with Crippen molar-refractivity contribution in [2.24, 2.45) is 0 Å². The number of benzene rings is 2. The maximum Gasteiger partial charge on any atom is 0.246 e. The van der Waals surface area contributed by atoms with Gasteiger partial charge in [0.05, 0.1) is 20.4 Å². The lowest BCUT2D eigenvalue weighted by atomic mass is 9.98. The zero-order valence-corrected chi connectivity index (χ0v) is 17.9. The topological polar surface area (TPSA) is 60.9 Å². The summed E-state index contributed by atoms with van der Waals surface area (Å²) in [4.78, 5) is 18.4. The fraction of sp³-hybridized carbons (Fsp3) is 0.200. The van der Waals surface area contributed by atoms with Crippen LogP contribution in [0.25, 0.3) is 6.08 Å². The fourth-order valence-corrected chi connectivity index (χ4v) is 3.58. The highest BCUT2D eigenvalue weighted by atomic mass is 19.1. The van der Waals surface area contributed by atoms with Gasteiger partial charge in [-0.1, -0.05) is 6.07 Å². The molecule has 2 heterocycles. The molecule has 32 heavy (non-hydrogen) atoms. The maximum atomic E-state index is 14.4. The van der Waals surface area contributed by atoms with E-state index in [-0.39, 0.29) is 11.7 Å². The Hall–Kier alpha value is -3.87. The number of ether oxygens (including phenoxy) is 3. The molecule has 0 N–H and O–H groups in total. The van der Waals surface area contributed by atoms with Crippen LogP contribution < -0.4 is 14.2 Å². The molecule has 7 heteroatoms. The van der Waals surface area contributed by atoms with Gasteiger partial charge in [0, 0.05) is 25.4 Å². The van der Waals surface area contributed by atoms with Crippen LogP contribution in [0.1, 0.15) is 16.7 Å². The van der Waals surface area contributed by atoms with E-state index in [9.17, 15) is 9.18 Å². The highest BCUT2D eigenvalue weighted by Gasteiger charge is 2.21. The molecule has 0 saturated carbocycles. The van der Waals surface area contributed by atoms with Gasteiger partial charge in [0.1, 0.15) is 5.75 Å². The van der Waals surface area contributed by atoms with Gasteiger partial charge in [-0.2, -0.15) is 0 Å². The number of carbonyl (C=O) groups is 1. The predicted octanol–water partition coefficient (Wildman–Crippen LogP) is 4.63. The van der Waals surface area contributed by atoms with E-state index >= 15 is 0 Å². The first-order valence-electron chi connectivity index (χ1n) is 10.2. The normalized spacial score (nSPS) is 13.0. The Balaban J connectivity index is 1.43. The van der Waals surface area contributed by atoms with Gasteiger partial charge >= 0.3 is 0 Å². The largest absolute Gasteiger partial charge is 0.493 e. The molecule has 0 spiro atoms. The zero-order chi connectivity index (χ0) is 22.5. The van der Waals surface area contributed by atoms with Crippen molar-refractivity contribution in [2.75, 3.05) is 20.8 Å². The van der Waals surface area contributed by atoms with Gasteiger partial charge in [-0.3, -0.25) is 9.78 Å². The van der Waals surface area contributed by atoms with Crippen molar-refractivity contribution in [1.29, 1.82) is 0 Å². The number of halogens is 1. The number of methoxy groups -OCH3 is 2. The Labute approximate surface area is 185 Å². The monoisotopic (exact) mass is 434 g/mol. The van der Waals surface area contributed by atoms with Crippen molar-refractivity contribution in [3.63, 3.8) is 0 Å². The van der Waals surface area contributed by atoms with E-state index in [0.29, 0.717) is 35.9 Å². The number of aromatic nitrogens is 1. The average molecular weight is 434 g/mol. The summed E-state index contributed by atoms with van der Waals surface area (Å²) in [5.74, 6) is 1.21. The lowest BCUT2D eigenvalue weighted by Crippen LogP contribution is -2.34. The highest BCUT2D eigenvalue weighted by Crippen LogP contribution is 2.33. The van der Waals surface area contributed by atoms with E-state index in [0.717, 1.165) is 17.5 Å². The van der Waals surface area contributed by atoms with Gasteiger partial charge in [-0.15, -0.1) is 0 Å². The number of carbonyl (C=O) groups excluding carboxylic acids is 1. The van der Waals surface area contributed by atoms with Crippen molar-refractivity contribution in [3.8, 4) is 23.0 Å². The van der Waals surface area contributed by atoms with E-state index in [1.165, 1.54) is 24.4 Å². The molecular weight excluding hydrogens is 411 g/mol.